The molecule has 2 aliphatic rings. The van der Waals surface area contributed by atoms with E-state index in [-0.39, 0.29) is 22.7 Å². The summed E-state index contributed by atoms with van der Waals surface area (Å²) in [7, 11) is 0. The monoisotopic (exact) mass is 508 g/mol. The van der Waals surface area contributed by atoms with Gasteiger partial charge in [0.15, 0.2) is 5.78 Å². The van der Waals surface area contributed by atoms with Crippen LogP contribution in [0.3, 0.4) is 0 Å². The quantitative estimate of drug-likeness (QED) is 0.278. The first-order valence-corrected chi connectivity index (χ1v) is 13.4. The largest absolute Gasteiger partial charge is 0.384 e. The van der Waals surface area contributed by atoms with Crippen LogP contribution in [0.25, 0.3) is 0 Å². The molecular formula is C26H28N4O3S2. The van der Waals surface area contributed by atoms with E-state index < -0.39 is 10.8 Å². The number of nitrogens with two attached hydrogens (primary N) is 1. The van der Waals surface area contributed by atoms with Gasteiger partial charge in [0.1, 0.15) is 5.82 Å². The summed E-state index contributed by atoms with van der Waals surface area (Å²) in [5.41, 5.74) is 9.35. The van der Waals surface area contributed by atoms with Gasteiger partial charge < -0.3 is 5.73 Å². The highest BCUT2D eigenvalue weighted by molar-refractivity contribution is 8.01. The summed E-state index contributed by atoms with van der Waals surface area (Å²) in [6.07, 6.45) is 1.79. The highest BCUT2D eigenvalue weighted by Crippen LogP contribution is 2.52. The van der Waals surface area contributed by atoms with Gasteiger partial charge in [0.25, 0.3) is 5.69 Å². The van der Waals surface area contributed by atoms with Gasteiger partial charge in [-0.25, -0.2) is 0 Å². The average molecular weight is 509 g/mol. The molecule has 35 heavy (non-hydrogen) atoms. The lowest BCUT2D eigenvalue weighted by Crippen LogP contribution is -2.42. The van der Waals surface area contributed by atoms with Crippen LogP contribution < -0.4 is 10.6 Å². The molecule has 0 unspecified atom stereocenters. The van der Waals surface area contributed by atoms with Crippen LogP contribution in [0.2, 0.25) is 0 Å². The Morgan fingerprint density at radius 2 is 2.06 bits per heavy atom. The topological polar surface area (TPSA) is 113 Å². The van der Waals surface area contributed by atoms with E-state index in [1.54, 1.807) is 40.1 Å². The third-order valence-electron chi connectivity index (χ3n) is 6.39. The van der Waals surface area contributed by atoms with E-state index in [0.717, 1.165) is 27.6 Å². The van der Waals surface area contributed by atoms with Gasteiger partial charge in [-0.3, -0.25) is 19.8 Å². The normalized spacial score (nSPS) is 19.6. The zero-order valence-electron chi connectivity index (χ0n) is 20.3. The molecule has 2 N–H and O–H groups in total. The van der Waals surface area contributed by atoms with Gasteiger partial charge in [0, 0.05) is 34.7 Å². The maximum atomic E-state index is 13.7. The lowest BCUT2D eigenvalue weighted by atomic mass is 9.69. The number of ketones is 1. The maximum Gasteiger partial charge on any atom is 0.271 e. The molecule has 0 saturated heterocycles. The first kappa shape index (κ1) is 25.0. The van der Waals surface area contributed by atoms with Crippen LogP contribution in [0.5, 0.6) is 0 Å². The number of benzene rings is 1. The third-order valence-corrected chi connectivity index (χ3v) is 8.87. The Morgan fingerprint density at radius 3 is 2.69 bits per heavy atom. The second-order valence-electron chi connectivity index (χ2n) is 9.50. The molecule has 1 aromatic carbocycles. The van der Waals surface area contributed by atoms with Crippen LogP contribution in [0.15, 0.2) is 57.2 Å². The number of carbonyl (C=O) groups excluding carboxylic acids is 1. The third kappa shape index (κ3) is 4.48. The van der Waals surface area contributed by atoms with Gasteiger partial charge in [-0.1, -0.05) is 33.8 Å². The molecule has 0 saturated carbocycles. The summed E-state index contributed by atoms with van der Waals surface area (Å²) >= 11 is 3.41. The molecule has 2 heterocycles. The van der Waals surface area contributed by atoms with Crippen molar-refractivity contribution in [3.8, 4) is 6.07 Å². The van der Waals surface area contributed by atoms with Gasteiger partial charge in [-0.2, -0.15) is 5.26 Å². The Balaban J connectivity index is 2.01. The van der Waals surface area contributed by atoms with Crippen LogP contribution in [-0.4, -0.2) is 16.5 Å². The second-order valence-corrected chi connectivity index (χ2v) is 12.2. The number of allylic oxidation sites excluding steroid dienone is 3. The number of thioether (sulfide) groups is 1. The molecule has 1 aliphatic heterocycles. The van der Waals surface area contributed by atoms with Gasteiger partial charge in [-0.15, -0.1) is 23.1 Å². The number of nitriles is 1. The number of nitro benzene ring substituents is 1. The van der Waals surface area contributed by atoms with E-state index >= 15 is 0 Å². The molecule has 0 radical (unpaired) electrons. The Morgan fingerprint density at radius 1 is 1.31 bits per heavy atom. The number of nitro groups is 1. The summed E-state index contributed by atoms with van der Waals surface area (Å²) < 4.78 is 1.10. The van der Waals surface area contributed by atoms with Crippen molar-refractivity contribution in [3.63, 3.8) is 0 Å². The van der Waals surface area contributed by atoms with E-state index in [1.807, 2.05) is 13.8 Å². The predicted molar refractivity (Wildman–Crippen MR) is 140 cm³/mol. The molecule has 1 aromatic heterocycles. The van der Waals surface area contributed by atoms with Crippen LogP contribution in [0, 0.1) is 26.9 Å². The minimum atomic E-state index is -0.542. The molecule has 1 atom stereocenters. The molecule has 4 rings (SSSR count). The number of hydrogen-bond acceptors (Lipinski definition) is 8. The number of non-ortho nitro benzene ring substituents is 1. The highest BCUT2D eigenvalue weighted by Gasteiger charge is 2.45. The van der Waals surface area contributed by atoms with Crippen molar-refractivity contribution in [1.29, 1.82) is 5.26 Å². The first-order valence-electron chi connectivity index (χ1n) is 11.6. The Hall–Kier alpha value is -3.09. The van der Waals surface area contributed by atoms with E-state index in [9.17, 15) is 20.2 Å². The molecule has 1 aliphatic carbocycles. The lowest BCUT2D eigenvalue weighted by molar-refractivity contribution is -0.384. The Labute approximate surface area is 213 Å². The summed E-state index contributed by atoms with van der Waals surface area (Å²) in [6, 6.07) is 10.6. The fourth-order valence-electron chi connectivity index (χ4n) is 4.92. The van der Waals surface area contributed by atoms with Crippen molar-refractivity contribution >= 4 is 40.3 Å². The minimum Gasteiger partial charge on any atom is -0.384 e. The standard InChI is InChI=1S/C26H28N4O3S2/c1-5-17-11-18(25(35-17)34-6-2)22-19(14-27)24(28)29(15-8-7-9-16(10-15)30(32)33)20-12-26(3,4)13-21(31)23(20)22/h7-11,22H,5-6,12-13,28H2,1-4H3/t22-/m1/s1. The molecule has 182 valence electrons. The molecule has 2 aromatic rings. The second kappa shape index (κ2) is 9.51. The van der Waals surface area contributed by atoms with Crippen molar-refractivity contribution in [2.75, 3.05) is 10.7 Å². The smallest absolute Gasteiger partial charge is 0.271 e. The lowest BCUT2D eigenvalue weighted by Gasteiger charge is -2.43. The Bertz CT molecular complexity index is 1320. The molecule has 0 amide bonds. The molecule has 0 spiro atoms. The molecular weight excluding hydrogens is 480 g/mol. The molecule has 0 bridgehead atoms. The maximum absolute atomic E-state index is 13.7. The van der Waals surface area contributed by atoms with E-state index in [1.165, 1.54) is 17.0 Å². The number of anilines is 1. The molecule has 9 heteroatoms. The number of thiophene rings is 1. The van der Waals surface area contributed by atoms with Crippen LogP contribution in [0.4, 0.5) is 11.4 Å². The number of carbonyl (C=O) groups is 1. The minimum absolute atomic E-state index is 0.00590. The van der Waals surface area contributed by atoms with E-state index in [0.29, 0.717) is 29.7 Å². The predicted octanol–water partition coefficient (Wildman–Crippen LogP) is 6.27. The van der Waals surface area contributed by atoms with Crippen molar-refractivity contribution in [2.45, 2.75) is 57.1 Å². The van der Waals surface area contributed by atoms with Crippen LogP contribution in [-0.2, 0) is 11.2 Å². The summed E-state index contributed by atoms with van der Waals surface area (Å²) in [5.74, 6) is 0.545. The van der Waals surface area contributed by atoms with Gasteiger partial charge in [0.05, 0.1) is 32.4 Å². The number of rotatable bonds is 6. The number of aryl methyl sites for hydroxylation is 1. The van der Waals surface area contributed by atoms with E-state index in [4.69, 9.17) is 5.73 Å². The summed E-state index contributed by atoms with van der Waals surface area (Å²) in [5, 5.41) is 21.8. The zero-order chi connectivity index (χ0) is 25.5. The number of Topliss-reactive ketones (excluding diaryl/α,β-unsaturated/α-hetero) is 1. The average Bonchev–Trinajstić information content (AvgIpc) is 3.20. The fraction of sp³-hybridized carbons (Fsp3) is 0.385. The van der Waals surface area contributed by atoms with Crippen molar-refractivity contribution in [2.24, 2.45) is 11.1 Å². The van der Waals surface area contributed by atoms with Crippen molar-refractivity contribution < 1.29 is 9.72 Å². The molecule has 7 nitrogen and oxygen atoms in total. The SMILES string of the molecule is CCSc1sc(CC)cc1[C@@H]1C(C#N)=C(N)N(c2cccc([N+](=O)[O-])c2)C2=C1C(=O)CC(C)(C)C2. The highest BCUT2D eigenvalue weighted by atomic mass is 32.2. The van der Waals surface area contributed by atoms with Gasteiger partial charge in [-0.05, 0) is 41.7 Å². The van der Waals surface area contributed by atoms with Crippen molar-refractivity contribution in [3.05, 3.63) is 73.6 Å². The zero-order valence-corrected chi connectivity index (χ0v) is 21.9. The number of nitrogens with zero attached hydrogens (tertiary/aromatic N) is 3. The van der Waals surface area contributed by atoms with Gasteiger partial charge >= 0.3 is 0 Å². The molecule has 0 fully saturated rings. The van der Waals surface area contributed by atoms with Crippen LogP contribution in [0.1, 0.15) is 56.9 Å². The van der Waals surface area contributed by atoms with Gasteiger partial charge in [0.2, 0.25) is 0 Å². The number of hydrogen-bond donors (Lipinski definition) is 1. The van der Waals surface area contributed by atoms with E-state index in [2.05, 4.69) is 26.0 Å². The fourth-order valence-corrected chi connectivity index (χ4v) is 7.30. The Kier molecular flexibility index (Phi) is 6.80. The van der Waals surface area contributed by atoms with Crippen molar-refractivity contribution in [1.82, 2.24) is 0 Å². The summed E-state index contributed by atoms with van der Waals surface area (Å²) in [6.45, 7) is 8.24. The van der Waals surface area contributed by atoms with Crippen LogP contribution >= 0.6 is 23.1 Å². The first-order chi connectivity index (χ1) is 16.6. The summed E-state index contributed by atoms with van der Waals surface area (Å²) in [4.78, 5) is 27.6.